The number of hydrogen-bond acceptors (Lipinski definition) is 27. The van der Waals surface area contributed by atoms with Gasteiger partial charge < -0.3 is 128 Å². The van der Waals surface area contributed by atoms with Crippen LogP contribution in [0.15, 0.2) is 65.1 Å². The summed E-state index contributed by atoms with van der Waals surface area (Å²) in [5.41, 5.74) is 6.23. The zero-order valence-corrected chi connectivity index (χ0v) is 67.7. The van der Waals surface area contributed by atoms with E-state index in [2.05, 4.69) is 76.7 Å². The van der Waals surface area contributed by atoms with E-state index in [0.717, 1.165) is 59.9 Å². The Morgan fingerprint density at radius 2 is 0.596 bits per heavy atom. The van der Waals surface area contributed by atoms with E-state index in [-0.39, 0.29) is 5.41 Å². The molecule has 1 aliphatic carbocycles. The van der Waals surface area contributed by atoms with Gasteiger partial charge in [0.05, 0.1) is 297 Å². The van der Waals surface area contributed by atoms with Gasteiger partial charge >= 0.3 is 6.09 Å². The number of fused-ring (bicyclic) bond motifs is 3. The van der Waals surface area contributed by atoms with E-state index in [4.69, 9.17) is 123 Å². The van der Waals surface area contributed by atoms with E-state index in [1.807, 2.05) is 12.1 Å². The molecule has 0 aromatic heterocycles. The summed E-state index contributed by atoms with van der Waals surface area (Å²) >= 11 is 3.84. The summed E-state index contributed by atoms with van der Waals surface area (Å²) in [5, 5.41) is 2.78. The fourth-order valence-electron chi connectivity index (χ4n) is 10.8. The van der Waals surface area contributed by atoms with Crippen molar-refractivity contribution in [3.05, 3.63) is 83.2 Å². The molecule has 0 saturated carbocycles. The molecular weight excluding hydrogens is 1490 g/mol. The summed E-state index contributed by atoms with van der Waals surface area (Å²) in [5.74, 6) is 0.788. The number of benzene rings is 3. The summed E-state index contributed by atoms with van der Waals surface area (Å²) in [4.78, 5) is 12.0. The van der Waals surface area contributed by atoms with E-state index < -0.39 is 11.7 Å². The highest BCUT2D eigenvalue weighted by molar-refractivity contribution is 9.10. The molecule has 0 aliphatic heterocycles. The highest BCUT2D eigenvalue weighted by atomic mass is 79.9. The van der Waals surface area contributed by atoms with E-state index >= 15 is 0 Å². The Morgan fingerprint density at radius 3 is 0.890 bits per heavy atom. The van der Waals surface area contributed by atoms with Gasteiger partial charge in [0.1, 0.15) is 12.7 Å². The highest BCUT2D eigenvalue weighted by Crippen LogP contribution is 2.55. The second-order valence-corrected chi connectivity index (χ2v) is 26.3. The molecule has 1 N–H and O–H groups in total. The Hall–Kier alpha value is -3.88. The number of amides is 1. The van der Waals surface area contributed by atoms with Crippen LogP contribution in [0.3, 0.4) is 0 Å². The maximum Gasteiger partial charge on any atom is 0.410 e. The van der Waals surface area contributed by atoms with Crippen molar-refractivity contribution in [3.63, 3.8) is 0 Å². The molecule has 1 aliphatic rings. The average molecular weight is 1620 g/mol. The summed E-state index contributed by atoms with van der Waals surface area (Å²) in [6.45, 7) is 31.3. The van der Waals surface area contributed by atoms with Crippen molar-refractivity contribution < 1.29 is 128 Å². The third-order valence-corrected chi connectivity index (χ3v) is 16.6. The zero-order valence-electron chi connectivity index (χ0n) is 66.1. The van der Waals surface area contributed by atoms with E-state index in [1.165, 1.54) is 22.3 Å². The highest BCUT2D eigenvalue weighted by Gasteiger charge is 2.43. The number of carbonyl (C=O) groups is 1. The predicted octanol–water partition coefficient (Wildman–Crippen LogP) is 9.10. The molecule has 1 amide bonds. The number of unbranched alkanes of at least 4 members (excludes halogenated alkanes) is 1. The molecule has 0 radical (unpaired) electrons. The first kappa shape index (κ1) is 97.5. The van der Waals surface area contributed by atoms with Crippen LogP contribution >= 0.6 is 15.9 Å². The van der Waals surface area contributed by atoms with Crippen molar-refractivity contribution in [2.45, 2.75) is 63.4 Å². The van der Waals surface area contributed by atoms with Gasteiger partial charge in [-0.1, -0.05) is 46.3 Å². The van der Waals surface area contributed by atoms with Crippen LogP contribution < -0.4 is 10.1 Å². The number of ether oxygens (including phenoxy) is 26. The molecule has 4 rings (SSSR count). The number of nitrogens with one attached hydrogen (secondary N) is 1. The van der Waals surface area contributed by atoms with Gasteiger partial charge in [-0.2, -0.15) is 0 Å². The lowest BCUT2D eigenvalue weighted by molar-refractivity contribution is -0.0281. The van der Waals surface area contributed by atoms with Crippen LogP contribution in [0.2, 0.25) is 0 Å². The number of hydrogen-bond donors (Lipinski definition) is 1. The molecule has 0 fully saturated rings. The van der Waals surface area contributed by atoms with Crippen LogP contribution in [0.5, 0.6) is 5.75 Å². The monoisotopic (exact) mass is 1620 g/mol. The van der Waals surface area contributed by atoms with Crippen LogP contribution in [0.4, 0.5) is 4.79 Å². The Bertz CT molecular complexity index is 2470. The van der Waals surface area contributed by atoms with Gasteiger partial charge in [0.15, 0.2) is 0 Å². The van der Waals surface area contributed by atoms with E-state index in [0.29, 0.717) is 317 Å². The number of methoxy groups -OCH3 is 2. The van der Waals surface area contributed by atoms with Crippen molar-refractivity contribution in [3.8, 4) is 28.0 Å². The molecule has 0 saturated heterocycles. The van der Waals surface area contributed by atoms with Crippen LogP contribution in [-0.2, 0) is 124 Å². The minimum absolute atomic E-state index is 0.302. The quantitative estimate of drug-likeness (QED) is 0.0407. The van der Waals surface area contributed by atoms with Crippen molar-refractivity contribution in [1.29, 1.82) is 0 Å². The number of halogens is 1. The molecular formula is C80H133BrNO27+. The maximum atomic E-state index is 12.0. The van der Waals surface area contributed by atoms with Crippen molar-refractivity contribution in [2.24, 2.45) is 0 Å². The Kier molecular flexibility index (Phi) is 62.3. The molecule has 3 aromatic rings. The third kappa shape index (κ3) is 52.3. The molecule has 0 unspecified atom stereocenters. The van der Waals surface area contributed by atoms with Gasteiger partial charge in [-0.15, -0.1) is 0 Å². The van der Waals surface area contributed by atoms with Gasteiger partial charge in [-0.05, 0) is 102 Å². The fraction of sp³-hybridized carbons (Fsp3) is 0.750. The lowest BCUT2D eigenvalue weighted by Gasteiger charge is -2.33. The first-order valence-corrected chi connectivity index (χ1v) is 39.6. The first-order valence-electron chi connectivity index (χ1n) is 38.9. The zero-order chi connectivity index (χ0) is 77.5. The van der Waals surface area contributed by atoms with Crippen LogP contribution in [0.25, 0.3) is 22.3 Å². The minimum atomic E-state index is -0.784. The lowest BCUT2D eigenvalue weighted by atomic mass is 9.71. The molecule has 109 heavy (non-hydrogen) atoms. The molecule has 626 valence electrons. The van der Waals surface area contributed by atoms with Crippen LogP contribution in [0.1, 0.15) is 63.5 Å². The summed E-state index contributed by atoms with van der Waals surface area (Å²) in [6, 6.07) is 21.8. The van der Waals surface area contributed by atoms with E-state index in [9.17, 15) is 4.79 Å². The van der Waals surface area contributed by atoms with Gasteiger partial charge in [0.2, 0.25) is 5.60 Å². The molecule has 3 aromatic carbocycles. The molecule has 0 atom stereocenters. The molecule has 0 heterocycles. The maximum absolute atomic E-state index is 12.0. The minimum Gasteiger partial charge on any atom is -0.494 e. The largest absolute Gasteiger partial charge is 0.494 e. The number of carbonyl (C=O) groups excluding carboxylic acids is 1. The van der Waals surface area contributed by atoms with Gasteiger partial charge in [0.25, 0.3) is 0 Å². The van der Waals surface area contributed by atoms with Gasteiger partial charge in [-0.3, -0.25) is 0 Å². The number of alkyl carbamates (subject to hydrolysis) is 1. The SMILES string of the molecule is [CH2+]C(C)(C)OC(=O)NCCCCOc1ccc(-c2ccc3c(c2)C(CCCOCCOCCOCCOCCOCCOCCOCCOCCOCCOCCOCCOC)(CCCOCCOCCOCCOCCOCCOCCOCCOCCOCCOCCOCCOC)c2cc(Br)ccc2-3)cc1. The standard InChI is InChI=1S/C80H132BrNO27/c1-79(2,3)109-78(83)82-20-6-7-23-108-73-14-10-70(11-15-73)71-12-16-74-75-17-13-72(81)69-77(75)80(76(74)68-71,18-8-21-86-28-30-90-36-38-94-44-46-98-52-54-102-60-62-106-66-64-104-58-56-100-50-48-96-42-40-92-34-32-88-26-24-84-4)19-9-22-87-29-31-91-37-39-95-45-47-99-53-55-103-61-63-107-67-65-105-59-57-101-51-49-97-43-41-93-35-33-89-27-25-85-5/h10-17,68-69H,1,6-9,18-67H2,2-5H3/p+1. The fourth-order valence-corrected chi connectivity index (χ4v) is 11.1. The Morgan fingerprint density at radius 1 is 0.330 bits per heavy atom. The molecule has 0 bridgehead atoms. The Labute approximate surface area is 658 Å². The Balaban J connectivity index is 1.05. The summed E-state index contributed by atoms with van der Waals surface area (Å²) < 4.78 is 146. The molecule has 0 spiro atoms. The second kappa shape index (κ2) is 69.6. The molecule has 29 heteroatoms. The lowest BCUT2D eigenvalue weighted by Crippen LogP contribution is -2.33. The van der Waals surface area contributed by atoms with Crippen molar-refractivity contribution >= 4 is 22.0 Å². The van der Waals surface area contributed by atoms with Crippen molar-refractivity contribution in [1.82, 2.24) is 5.32 Å². The topological polar surface area (TPSA) is 269 Å². The second-order valence-electron chi connectivity index (χ2n) is 25.4. The number of rotatable bonds is 82. The average Bonchev–Trinajstić information content (AvgIpc) is 1.56. The van der Waals surface area contributed by atoms with E-state index in [1.54, 1.807) is 28.1 Å². The van der Waals surface area contributed by atoms with Gasteiger partial charge in [-0.25, -0.2) is 4.79 Å². The summed E-state index contributed by atoms with van der Waals surface area (Å²) in [6.07, 6.45) is 4.48. The van der Waals surface area contributed by atoms with Crippen LogP contribution in [0, 0.1) is 6.92 Å². The first-order chi connectivity index (χ1) is 53.7. The summed E-state index contributed by atoms with van der Waals surface area (Å²) in [7, 11) is 3.29. The molecule has 28 nitrogen and oxygen atoms in total. The van der Waals surface area contributed by atoms with Crippen LogP contribution in [-0.4, -0.2) is 343 Å². The normalized spacial score (nSPS) is 12.5. The predicted molar refractivity (Wildman–Crippen MR) is 415 cm³/mol. The third-order valence-electron chi connectivity index (χ3n) is 16.1. The van der Waals surface area contributed by atoms with Gasteiger partial charge in [0, 0.05) is 57.7 Å². The van der Waals surface area contributed by atoms with Crippen molar-refractivity contribution in [2.75, 3.05) is 331 Å². The smallest absolute Gasteiger partial charge is 0.410 e.